The van der Waals surface area contributed by atoms with Crippen LogP contribution in [0.3, 0.4) is 0 Å². The van der Waals surface area contributed by atoms with E-state index >= 15 is 0 Å². The lowest BCUT2D eigenvalue weighted by molar-refractivity contribution is -0.123. The summed E-state index contributed by atoms with van der Waals surface area (Å²) < 4.78 is 9.86. The molecule has 3 amide bonds. The minimum atomic E-state index is -1.17. The Morgan fingerprint density at radius 3 is 2.38 bits per heavy atom. The fourth-order valence-electron chi connectivity index (χ4n) is 4.00. The van der Waals surface area contributed by atoms with E-state index in [2.05, 4.69) is 9.69 Å². The van der Waals surface area contributed by atoms with Crippen LogP contribution in [0.2, 0.25) is 0 Å². The summed E-state index contributed by atoms with van der Waals surface area (Å²) >= 11 is 0.759. The molecule has 0 aliphatic carbocycles. The Balaban J connectivity index is 1.84. The summed E-state index contributed by atoms with van der Waals surface area (Å²) in [6, 6.07) is 19.0. The second-order valence-corrected chi connectivity index (χ2v) is 9.12. The summed E-state index contributed by atoms with van der Waals surface area (Å²) in [6.45, 7) is 3.96. The quantitative estimate of drug-likeness (QED) is 0.306. The van der Waals surface area contributed by atoms with Gasteiger partial charge in [-0.1, -0.05) is 55.5 Å². The van der Waals surface area contributed by atoms with Crippen molar-refractivity contribution in [1.29, 1.82) is 0 Å². The second-order valence-electron chi connectivity index (χ2n) is 8.35. The van der Waals surface area contributed by atoms with Gasteiger partial charge in [-0.3, -0.25) is 19.3 Å². The molecule has 2 aromatic carbocycles. The number of rotatable bonds is 9. The molecule has 0 fully saturated rings. The maximum absolute atomic E-state index is 14.1. The maximum Gasteiger partial charge on any atom is 0.273 e. The molecule has 4 aromatic rings. The number of anilines is 2. The van der Waals surface area contributed by atoms with E-state index < -0.39 is 23.8 Å². The average molecular weight is 518 g/mol. The highest BCUT2D eigenvalue weighted by Crippen LogP contribution is 2.35. The SMILES string of the molecule is CCc1ccccc1N(C(=O)c1snc(C(N)=O)c1N)[C@@H](C(=O)NCc1ccccc1)c1ccc(C)o1. The monoisotopic (exact) mass is 517 g/mol. The van der Waals surface area contributed by atoms with Crippen LogP contribution >= 0.6 is 11.5 Å². The third kappa shape index (κ3) is 5.39. The number of nitrogens with zero attached hydrogens (tertiary/aromatic N) is 2. The number of hydrogen-bond donors (Lipinski definition) is 3. The largest absolute Gasteiger partial charge is 0.464 e. The number of aromatic nitrogens is 1. The highest BCUT2D eigenvalue weighted by atomic mass is 32.1. The molecular weight excluding hydrogens is 490 g/mol. The molecule has 1 atom stereocenters. The molecule has 2 heterocycles. The van der Waals surface area contributed by atoms with E-state index in [0.29, 0.717) is 17.9 Å². The zero-order chi connectivity index (χ0) is 26.5. The molecule has 190 valence electrons. The number of amides is 3. The van der Waals surface area contributed by atoms with Gasteiger partial charge in [0, 0.05) is 12.2 Å². The van der Waals surface area contributed by atoms with Gasteiger partial charge in [0.15, 0.2) is 11.7 Å². The van der Waals surface area contributed by atoms with Gasteiger partial charge in [0.05, 0.1) is 5.69 Å². The highest BCUT2D eigenvalue weighted by molar-refractivity contribution is 7.09. The van der Waals surface area contributed by atoms with Gasteiger partial charge in [0.25, 0.3) is 17.7 Å². The number of hydrogen-bond acceptors (Lipinski definition) is 7. The molecule has 0 bridgehead atoms. The van der Waals surface area contributed by atoms with E-state index in [1.807, 2.05) is 49.4 Å². The van der Waals surface area contributed by atoms with Crippen LogP contribution in [0.25, 0.3) is 0 Å². The molecule has 37 heavy (non-hydrogen) atoms. The molecule has 0 unspecified atom stereocenters. The van der Waals surface area contributed by atoms with Crippen LogP contribution in [0, 0.1) is 6.92 Å². The predicted molar refractivity (Wildman–Crippen MR) is 142 cm³/mol. The van der Waals surface area contributed by atoms with Gasteiger partial charge in [-0.15, -0.1) is 0 Å². The van der Waals surface area contributed by atoms with Gasteiger partial charge in [-0.05, 0) is 54.2 Å². The van der Waals surface area contributed by atoms with Crippen LogP contribution in [0.5, 0.6) is 0 Å². The summed E-state index contributed by atoms with van der Waals surface area (Å²) in [6.07, 6.45) is 0.597. The third-order valence-electron chi connectivity index (χ3n) is 5.85. The van der Waals surface area contributed by atoms with Crippen molar-refractivity contribution in [3.05, 3.63) is 99.9 Å². The first-order valence-corrected chi connectivity index (χ1v) is 12.4. The van der Waals surface area contributed by atoms with Gasteiger partial charge in [-0.25, -0.2) is 0 Å². The van der Waals surface area contributed by atoms with E-state index in [0.717, 1.165) is 22.7 Å². The average Bonchev–Trinajstić information content (AvgIpc) is 3.51. The molecule has 10 heteroatoms. The van der Waals surface area contributed by atoms with Crippen LogP contribution in [0.4, 0.5) is 11.4 Å². The molecule has 9 nitrogen and oxygen atoms in total. The number of carbonyl (C=O) groups is 3. The summed E-state index contributed by atoms with van der Waals surface area (Å²) in [7, 11) is 0. The summed E-state index contributed by atoms with van der Waals surface area (Å²) in [5.74, 6) is -1.03. The van der Waals surface area contributed by atoms with Crippen molar-refractivity contribution in [2.75, 3.05) is 10.6 Å². The van der Waals surface area contributed by atoms with E-state index in [1.165, 1.54) is 4.90 Å². The predicted octanol–water partition coefficient (Wildman–Crippen LogP) is 3.99. The van der Waals surface area contributed by atoms with Gasteiger partial charge in [0.2, 0.25) is 0 Å². The molecule has 0 aliphatic heterocycles. The van der Waals surface area contributed by atoms with Crippen LogP contribution in [-0.2, 0) is 17.8 Å². The lowest BCUT2D eigenvalue weighted by Gasteiger charge is -2.31. The Kier molecular flexibility index (Phi) is 7.69. The van der Waals surface area contributed by atoms with Gasteiger partial charge in [0.1, 0.15) is 16.4 Å². The van der Waals surface area contributed by atoms with Gasteiger partial charge in [-0.2, -0.15) is 4.37 Å². The van der Waals surface area contributed by atoms with Crippen molar-refractivity contribution in [3.8, 4) is 0 Å². The Morgan fingerprint density at radius 2 is 1.76 bits per heavy atom. The second kappa shape index (κ2) is 11.1. The smallest absolute Gasteiger partial charge is 0.273 e. The number of benzene rings is 2. The standard InChI is InChI=1S/C27H27N5O4S/c1-3-18-11-7-8-12-19(18)32(27(35)24-21(28)22(25(29)33)31-37-24)23(20-14-13-16(2)36-20)26(34)30-15-17-9-5-4-6-10-17/h4-14,23H,3,15,28H2,1-2H3,(H2,29,33)(H,30,34)/t23-/m1/s1. The van der Waals surface area contributed by atoms with E-state index in [4.69, 9.17) is 15.9 Å². The third-order valence-corrected chi connectivity index (χ3v) is 6.70. The Labute approximate surface area is 218 Å². The summed E-state index contributed by atoms with van der Waals surface area (Å²) in [4.78, 5) is 41.0. The number of carbonyl (C=O) groups excluding carboxylic acids is 3. The molecule has 0 saturated carbocycles. The van der Waals surface area contributed by atoms with Crippen molar-refractivity contribution in [1.82, 2.24) is 9.69 Å². The Hall–Kier alpha value is -4.44. The Bertz CT molecular complexity index is 1430. The van der Waals surface area contributed by atoms with Gasteiger partial charge < -0.3 is 21.2 Å². The lowest BCUT2D eigenvalue weighted by Crippen LogP contribution is -2.44. The minimum absolute atomic E-state index is 0.00356. The number of primary amides is 1. The fraction of sp³-hybridized carbons (Fsp3) is 0.185. The van der Waals surface area contributed by atoms with E-state index in [1.54, 1.807) is 31.2 Å². The molecule has 0 aliphatic rings. The summed E-state index contributed by atoms with van der Waals surface area (Å²) in [5, 5.41) is 2.93. The van der Waals surface area contributed by atoms with E-state index in [-0.39, 0.29) is 28.6 Å². The first kappa shape index (κ1) is 25.6. The first-order valence-electron chi connectivity index (χ1n) is 11.7. The number of nitrogens with two attached hydrogens (primary N) is 2. The highest BCUT2D eigenvalue weighted by Gasteiger charge is 2.38. The number of aryl methyl sites for hydroxylation is 2. The maximum atomic E-state index is 14.1. The summed E-state index contributed by atoms with van der Waals surface area (Å²) in [5.41, 5.74) is 13.4. The Morgan fingerprint density at radius 1 is 1.05 bits per heavy atom. The molecule has 0 saturated heterocycles. The number of nitrogen functional groups attached to an aromatic ring is 1. The number of para-hydroxylation sites is 1. The zero-order valence-electron chi connectivity index (χ0n) is 20.4. The fourth-order valence-corrected chi connectivity index (χ4v) is 4.75. The normalized spacial score (nSPS) is 11.6. The lowest BCUT2D eigenvalue weighted by atomic mass is 10.0. The van der Waals surface area contributed by atoms with Crippen molar-refractivity contribution in [2.45, 2.75) is 32.9 Å². The minimum Gasteiger partial charge on any atom is -0.464 e. The zero-order valence-corrected chi connectivity index (χ0v) is 21.2. The molecule has 5 N–H and O–H groups in total. The molecule has 2 aromatic heterocycles. The van der Waals surface area contributed by atoms with Crippen molar-refractivity contribution < 1.29 is 18.8 Å². The van der Waals surface area contributed by atoms with Crippen LogP contribution in [0.1, 0.15) is 55.8 Å². The number of nitrogens with one attached hydrogen (secondary N) is 1. The topological polar surface area (TPSA) is 145 Å². The molecule has 0 spiro atoms. The van der Waals surface area contributed by atoms with Crippen LogP contribution in [-0.4, -0.2) is 22.1 Å². The van der Waals surface area contributed by atoms with Gasteiger partial charge >= 0.3 is 0 Å². The molecule has 0 radical (unpaired) electrons. The van der Waals surface area contributed by atoms with E-state index in [9.17, 15) is 14.4 Å². The first-order chi connectivity index (χ1) is 17.8. The van der Waals surface area contributed by atoms with Crippen LogP contribution < -0.4 is 21.7 Å². The molecular formula is C27H27N5O4S. The van der Waals surface area contributed by atoms with Crippen molar-refractivity contribution >= 4 is 40.6 Å². The molecule has 4 rings (SSSR count). The van der Waals surface area contributed by atoms with Crippen molar-refractivity contribution in [2.24, 2.45) is 5.73 Å². The van der Waals surface area contributed by atoms with Crippen molar-refractivity contribution in [3.63, 3.8) is 0 Å². The van der Waals surface area contributed by atoms with Crippen LogP contribution in [0.15, 0.2) is 71.1 Å². The number of furan rings is 1.